The molecule has 3 saturated carbocycles. The van der Waals surface area contributed by atoms with Crippen molar-refractivity contribution in [3.8, 4) is 11.3 Å². The van der Waals surface area contributed by atoms with Gasteiger partial charge in [0.2, 0.25) is 0 Å². The van der Waals surface area contributed by atoms with Crippen molar-refractivity contribution < 1.29 is 13.7 Å². The van der Waals surface area contributed by atoms with Crippen molar-refractivity contribution in [3.63, 3.8) is 0 Å². The van der Waals surface area contributed by atoms with E-state index < -0.39 is 5.67 Å². The molecule has 4 nitrogen and oxygen atoms in total. The van der Waals surface area contributed by atoms with Gasteiger partial charge >= 0.3 is 0 Å². The summed E-state index contributed by atoms with van der Waals surface area (Å²) in [6.07, 6.45) is 1.28. The van der Waals surface area contributed by atoms with Crippen LogP contribution in [-0.4, -0.2) is 22.3 Å². The topological polar surface area (TPSA) is 55.1 Å². The summed E-state index contributed by atoms with van der Waals surface area (Å²) in [7, 11) is 0. The Morgan fingerprint density at radius 1 is 1.25 bits per heavy atom. The highest BCUT2D eigenvalue weighted by Gasteiger charge is 2.70. The molecular weight excluding hydrogens is 259 g/mol. The molecule has 2 bridgehead atoms. The van der Waals surface area contributed by atoms with Crippen molar-refractivity contribution in [3.05, 3.63) is 42.1 Å². The number of hydrogen-bond acceptors (Lipinski definition) is 3. The monoisotopic (exact) mass is 272 g/mol. The predicted molar refractivity (Wildman–Crippen MR) is 69.8 cm³/mol. The standard InChI is InChI=1S/C15H13FN2O2/c16-14-7-15(8-14,9-14)17-13(19)11-6-12(20-18-11)10-4-2-1-3-5-10/h1-6H,7-9H2,(H,17,19). The van der Waals surface area contributed by atoms with Gasteiger partial charge in [0.25, 0.3) is 5.91 Å². The van der Waals surface area contributed by atoms with E-state index in [9.17, 15) is 9.18 Å². The van der Waals surface area contributed by atoms with E-state index in [2.05, 4.69) is 10.5 Å². The molecule has 0 unspecified atom stereocenters. The summed E-state index contributed by atoms with van der Waals surface area (Å²) in [5.41, 5.74) is -0.252. The fourth-order valence-electron chi connectivity index (χ4n) is 3.22. The lowest BCUT2D eigenvalue weighted by Crippen LogP contribution is -2.76. The second kappa shape index (κ2) is 3.69. The first-order valence-corrected chi connectivity index (χ1v) is 6.61. The maximum Gasteiger partial charge on any atom is 0.273 e. The third kappa shape index (κ3) is 1.66. The highest BCUT2D eigenvalue weighted by atomic mass is 19.1. The first-order valence-electron chi connectivity index (χ1n) is 6.61. The summed E-state index contributed by atoms with van der Waals surface area (Å²) in [6, 6.07) is 11.1. The molecule has 102 valence electrons. The molecule has 1 heterocycles. The molecule has 1 amide bonds. The lowest BCUT2D eigenvalue weighted by atomic mass is 9.47. The lowest BCUT2D eigenvalue weighted by molar-refractivity contribution is -0.162. The number of nitrogens with one attached hydrogen (secondary N) is 1. The molecule has 1 aromatic heterocycles. The third-order valence-corrected chi connectivity index (χ3v) is 4.15. The van der Waals surface area contributed by atoms with E-state index in [0.717, 1.165) is 5.56 Å². The number of carbonyl (C=O) groups excluding carboxylic acids is 1. The maximum atomic E-state index is 13.4. The minimum Gasteiger partial charge on any atom is -0.355 e. The van der Waals surface area contributed by atoms with Crippen LogP contribution in [0.2, 0.25) is 0 Å². The van der Waals surface area contributed by atoms with Gasteiger partial charge in [0.15, 0.2) is 11.5 Å². The number of alkyl halides is 1. The van der Waals surface area contributed by atoms with Crippen LogP contribution < -0.4 is 5.32 Å². The predicted octanol–water partition coefficient (Wildman–Crippen LogP) is 2.72. The maximum absolute atomic E-state index is 13.4. The first kappa shape index (κ1) is 11.6. The lowest BCUT2D eigenvalue weighted by Gasteiger charge is -2.65. The Kier molecular flexibility index (Phi) is 2.14. The first-order chi connectivity index (χ1) is 9.58. The van der Waals surface area contributed by atoms with Gasteiger partial charge in [-0.1, -0.05) is 35.5 Å². The zero-order chi connectivity index (χ0) is 13.8. The number of aromatic nitrogens is 1. The number of amides is 1. The van der Waals surface area contributed by atoms with E-state index in [4.69, 9.17) is 4.52 Å². The zero-order valence-corrected chi connectivity index (χ0v) is 10.7. The van der Waals surface area contributed by atoms with Gasteiger partial charge in [0.05, 0.1) is 0 Å². The highest BCUT2D eigenvalue weighted by molar-refractivity contribution is 5.94. The summed E-state index contributed by atoms with van der Waals surface area (Å²) in [5.74, 6) is 0.257. The Balaban J connectivity index is 1.49. The van der Waals surface area contributed by atoms with Gasteiger partial charge in [0, 0.05) is 36.4 Å². The number of benzene rings is 1. The average Bonchev–Trinajstić information content (AvgIpc) is 2.86. The smallest absolute Gasteiger partial charge is 0.273 e. The van der Waals surface area contributed by atoms with E-state index in [-0.39, 0.29) is 17.1 Å². The van der Waals surface area contributed by atoms with Gasteiger partial charge in [-0.25, -0.2) is 4.39 Å². The van der Waals surface area contributed by atoms with Crippen LogP contribution in [-0.2, 0) is 0 Å². The third-order valence-electron chi connectivity index (χ3n) is 4.15. The summed E-state index contributed by atoms with van der Waals surface area (Å²) in [4.78, 5) is 12.1. The normalized spacial score (nSPS) is 30.2. The van der Waals surface area contributed by atoms with Gasteiger partial charge in [-0.2, -0.15) is 0 Å². The Bertz CT molecular complexity index is 660. The Morgan fingerprint density at radius 3 is 2.60 bits per heavy atom. The molecule has 5 heteroatoms. The Hall–Kier alpha value is -2.17. The van der Waals surface area contributed by atoms with E-state index in [1.54, 1.807) is 6.07 Å². The molecule has 0 aliphatic heterocycles. The Morgan fingerprint density at radius 2 is 1.95 bits per heavy atom. The van der Waals surface area contributed by atoms with Crippen molar-refractivity contribution in [1.29, 1.82) is 0 Å². The van der Waals surface area contributed by atoms with Crippen LogP contribution in [0.3, 0.4) is 0 Å². The summed E-state index contributed by atoms with van der Waals surface area (Å²) in [5, 5.41) is 6.65. The quantitative estimate of drug-likeness (QED) is 0.934. The van der Waals surface area contributed by atoms with Crippen LogP contribution >= 0.6 is 0 Å². The fourth-order valence-corrected chi connectivity index (χ4v) is 3.22. The Labute approximate surface area is 115 Å². The summed E-state index contributed by atoms with van der Waals surface area (Å²) in [6.45, 7) is 0. The number of hydrogen-bond donors (Lipinski definition) is 1. The summed E-state index contributed by atoms with van der Waals surface area (Å²) < 4.78 is 18.6. The second-order valence-electron chi connectivity index (χ2n) is 5.86. The van der Waals surface area contributed by atoms with Crippen LogP contribution in [0.1, 0.15) is 29.8 Å². The van der Waals surface area contributed by atoms with E-state index in [1.165, 1.54) is 0 Å². The van der Waals surface area contributed by atoms with Crippen LogP contribution in [0.25, 0.3) is 11.3 Å². The van der Waals surface area contributed by atoms with Crippen LogP contribution in [0, 0.1) is 0 Å². The van der Waals surface area contributed by atoms with Gasteiger partial charge in [-0.15, -0.1) is 0 Å². The molecule has 0 atom stereocenters. The minimum absolute atomic E-state index is 0.237. The molecule has 3 fully saturated rings. The molecule has 0 spiro atoms. The van der Waals surface area contributed by atoms with E-state index in [1.807, 2.05) is 30.3 Å². The molecule has 3 aliphatic carbocycles. The second-order valence-corrected chi connectivity index (χ2v) is 5.86. The van der Waals surface area contributed by atoms with Crippen molar-refractivity contribution in [1.82, 2.24) is 10.5 Å². The van der Waals surface area contributed by atoms with Crippen molar-refractivity contribution in [2.45, 2.75) is 30.5 Å². The average molecular weight is 272 g/mol. The summed E-state index contributed by atoms with van der Waals surface area (Å²) >= 11 is 0. The van der Waals surface area contributed by atoms with E-state index >= 15 is 0 Å². The molecule has 0 radical (unpaired) electrons. The molecule has 3 aliphatic rings. The van der Waals surface area contributed by atoms with Gasteiger partial charge in [-0.05, 0) is 0 Å². The minimum atomic E-state index is -1.02. The molecule has 0 saturated heterocycles. The molecular formula is C15H13FN2O2. The number of halogens is 1. The molecule has 1 aromatic carbocycles. The van der Waals surface area contributed by atoms with Crippen molar-refractivity contribution in [2.75, 3.05) is 0 Å². The zero-order valence-electron chi connectivity index (χ0n) is 10.7. The van der Waals surface area contributed by atoms with Gasteiger partial charge in [0.1, 0.15) is 5.67 Å². The number of nitrogens with zero attached hydrogens (tertiary/aromatic N) is 1. The largest absolute Gasteiger partial charge is 0.355 e. The van der Waals surface area contributed by atoms with Crippen molar-refractivity contribution >= 4 is 5.91 Å². The number of rotatable bonds is 3. The number of carbonyl (C=O) groups is 1. The van der Waals surface area contributed by atoms with Crippen LogP contribution in [0.5, 0.6) is 0 Å². The van der Waals surface area contributed by atoms with E-state index in [0.29, 0.717) is 25.0 Å². The van der Waals surface area contributed by atoms with Crippen LogP contribution in [0.15, 0.2) is 40.9 Å². The SMILES string of the molecule is O=C(NC12CC(F)(C1)C2)c1cc(-c2ccccc2)on1. The highest BCUT2D eigenvalue weighted by Crippen LogP contribution is 2.62. The van der Waals surface area contributed by atoms with Gasteiger partial charge in [-0.3, -0.25) is 4.79 Å². The van der Waals surface area contributed by atoms with Crippen LogP contribution in [0.4, 0.5) is 4.39 Å². The fraction of sp³-hybridized carbons (Fsp3) is 0.333. The van der Waals surface area contributed by atoms with Crippen molar-refractivity contribution in [2.24, 2.45) is 0 Å². The molecule has 20 heavy (non-hydrogen) atoms. The van der Waals surface area contributed by atoms with Gasteiger partial charge < -0.3 is 9.84 Å². The molecule has 2 aromatic rings. The molecule has 1 N–H and O–H groups in total. The molecule has 5 rings (SSSR count).